The van der Waals surface area contributed by atoms with E-state index in [0.717, 1.165) is 28.8 Å². The largest absolute Gasteiger partial charge is 0.488 e. The summed E-state index contributed by atoms with van der Waals surface area (Å²) in [6, 6.07) is 6.68. The minimum atomic E-state index is 0.493. The molecule has 0 unspecified atom stereocenters. The molecule has 0 heterocycles. The van der Waals surface area contributed by atoms with Gasteiger partial charge in [0.1, 0.15) is 12.4 Å². The van der Waals surface area contributed by atoms with Crippen LogP contribution < -0.4 is 10.1 Å². The normalized spacial score (nSPS) is 10.7. The minimum absolute atomic E-state index is 0.493. The summed E-state index contributed by atoms with van der Waals surface area (Å²) < 4.78 is 6.70. The summed E-state index contributed by atoms with van der Waals surface area (Å²) in [6.07, 6.45) is 0.952. The van der Waals surface area contributed by atoms with Crippen LogP contribution in [0.5, 0.6) is 5.75 Å². The molecule has 1 aromatic carbocycles. The maximum atomic E-state index is 5.70. The van der Waals surface area contributed by atoms with Gasteiger partial charge in [-0.25, -0.2) is 0 Å². The summed E-state index contributed by atoms with van der Waals surface area (Å²) in [7, 11) is 0. The first-order valence-electron chi connectivity index (χ1n) is 6.34. The molecule has 0 fully saturated rings. The van der Waals surface area contributed by atoms with Gasteiger partial charge in [0.05, 0.1) is 4.47 Å². The van der Waals surface area contributed by atoms with Crippen molar-refractivity contribution in [3.8, 4) is 5.75 Å². The molecule has 1 rings (SSSR count). The number of benzene rings is 1. The van der Waals surface area contributed by atoms with Crippen molar-refractivity contribution in [1.82, 2.24) is 5.32 Å². The predicted molar refractivity (Wildman–Crippen MR) is 81.0 cm³/mol. The summed E-state index contributed by atoms with van der Waals surface area (Å²) in [5.74, 6) is 0.873. The molecule has 0 aliphatic carbocycles. The van der Waals surface area contributed by atoms with Gasteiger partial charge >= 0.3 is 0 Å². The lowest BCUT2D eigenvalue weighted by molar-refractivity contribution is 0.347. The first-order chi connectivity index (χ1) is 8.52. The average Bonchev–Trinajstić information content (AvgIpc) is 2.34. The fourth-order valence-electron chi connectivity index (χ4n) is 1.38. The van der Waals surface area contributed by atoms with Crippen LogP contribution in [0.3, 0.4) is 0 Å². The summed E-state index contributed by atoms with van der Waals surface area (Å²) in [6.45, 7) is 11.8. The molecule has 0 spiro atoms. The van der Waals surface area contributed by atoms with E-state index in [0.29, 0.717) is 12.6 Å². The van der Waals surface area contributed by atoms with Crippen LogP contribution in [0.1, 0.15) is 32.8 Å². The van der Waals surface area contributed by atoms with Gasteiger partial charge in [-0.15, -0.1) is 0 Å². The third-order valence-corrected chi connectivity index (χ3v) is 3.26. The lowest BCUT2D eigenvalue weighted by Crippen LogP contribution is -2.21. The van der Waals surface area contributed by atoms with E-state index in [2.05, 4.69) is 60.7 Å². The third kappa shape index (κ3) is 5.23. The molecule has 1 aromatic rings. The maximum Gasteiger partial charge on any atom is 0.133 e. The standard InChI is InChI=1S/C15H22BrNO/c1-5-12(4)10-18-15-7-6-13(8-14(15)16)9-17-11(2)3/h6-8,11,17H,4-5,9-10H2,1-3H3. The first-order valence-corrected chi connectivity index (χ1v) is 7.13. The Morgan fingerprint density at radius 2 is 2.17 bits per heavy atom. The highest BCUT2D eigenvalue weighted by atomic mass is 79.9. The monoisotopic (exact) mass is 311 g/mol. The van der Waals surface area contributed by atoms with Gasteiger partial charge in [0.25, 0.3) is 0 Å². The van der Waals surface area contributed by atoms with Crippen LogP contribution in [0.4, 0.5) is 0 Å². The van der Waals surface area contributed by atoms with Crippen LogP contribution in [-0.4, -0.2) is 12.6 Å². The fourth-order valence-corrected chi connectivity index (χ4v) is 1.92. The number of ether oxygens (including phenoxy) is 1. The summed E-state index contributed by atoms with van der Waals surface area (Å²) in [5.41, 5.74) is 2.35. The van der Waals surface area contributed by atoms with E-state index in [9.17, 15) is 0 Å². The molecule has 0 radical (unpaired) electrons. The van der Waals surface area contributed by atoms with Crippen molar-refractivity contribution in [2.75, 3.05) is 6.61 Å². The molecule has 0 amide bonds. The molecule has 0 aliphatic rings. The van der Waals surface area contributed by atoms with Gasteiger partial charge in [0.2, 0.25) is 0 Å². The van der Waals surface area contributed by atoms with Crippen LogP contribution in [0.25, 0.3) is 0 Å². The first kappa shape index (κ1) is 15.3. The van der Waals surface area contributed by atoms with E-state index in [-0.39, 0.29) is 0 Å². The third-order valence-electron chi connectivity index (χ3n) is 2.64. The van der Waals surface area contributed by atoms with Crippen molar-refractivity contribution in [3.05, 3.63) is 40.4 Å². The summed E-state index contributed by atoms with van der Waals surface area (Å²) in [4.78, 5) is 0. The van der Waals surface area contributed by atoms with E-state index >= 15 is 0 Å². The van der Waals surface area contributed by atoms with Gasteiger partial charge in [-0.2, -0.15) is 0 Å². The Hall–Kier alpha value is -0.800. The van der Waals surface area contributed by atoms with E-state index < -0.39 is 0 Å². The number of halogens is 1. The van der Waals surface area contributed by atoms with E-state index in [1.165, 1.54) is 5.56 Å². The van der Waals surface area contributed by atoms with E-state index in [4.69, 9.17) is 4.74 Å². The average molecular weight is 312 g/mol. The number of hydrogen-bond acceptors (Lipinski definition) is 2. The van der Waals surface area contributed by atoms with Crippen molar-refractivity contribution in [1.29, 1.82) is 0 Å². The molecule has 0 saturated carbocycles. The fraction of sp³-hybridized carbons (Fsp3) is 0.467. The van der Waals surface area contributed by atoms with Crippen molar-refractivity contribution < 1.29 is 4.74 Å². The molecule has 1 N–H and O–H groups in total. The van der Waals surface area contributed by atoms with Gasteiger partial charge < -0.3 is 10.1 Å². The van der Waals surface area contributed by atoms with Crippen molar-refractivity contribution in [2.45, 2.75) is 39.8 Å². The van der Waals surface area contributed by atoms with E-state index in [1.807, 2.05) is 6.07 Å². The molecule has 3 heteroatoms. The van der Waals surface area contributed by atoms with Crippen LogP contribution >= 0.6 is 15.9 Å². The summed E-state index contributed by atoms with van der Waals surface area (Å²) >= 11 is 3.54. The Morgan fingerprint density at radius 3 is 2.72 bits per heavy atom. The van der Waals surface area contributed by atoms with Gasteiger partial charge in [-0.05, 0) is 45.6 Å². The smallest absolute Gasteiger partial charge is 0.133 e. The molecule has 0 aliphatic heterocycles. The lowest BCUT2D eigenvalue weighted by Gasteiger charge is -2.12. The molecule has 18 heavy (non-hydrogen) atoms. The topological polar surface area (TPSA) is 21.3 Å². The van der Waals surface area contributed by atoms with Crippen LogP contribution in [-0.2, 0) is 6.54 Å². The van der Waals surface area contributed by atoms with Crippen LogP contribution in [0.2, 0.25) is 0 Å². The lowest BCUT2D eigenvalue weighted by atomic mass is 10.2. The maximum absolute atomic E-state index is 5.70. The molecular weight excluding hydrogens is 290 g/mol. The van der Waals surface area contributed by atoms with Crippen molar-refractivity contribution >= 4 is 15.9 Å². The Labute approximate surface area is 119 Å². The second kappa shape index (κ2) is 7.59. The predicted octanol–water partition coefficient (Wildman–Crippen LogP) is 4.29. The van der Waals surface area contributed by atoms with Gasteiger partial charge in [-0.1, -0.05) is 33.4 Å². The Kier molecular flexibility index (Phi) is 6.44. The number of hydrogen-bond donors (Lipinski definition) is 1. The Morgan fingerprint density at radius 1 is 1.44 bits per heavy atom. The Bertz CT molecular complexity index is 401. The second-order valence-electron chi connectivity index (χ2n) is 4.69. The van der Waals surface area contributed by atoms with E-state index in [1.54, 1.807) is 0 Å². The van der Waals surface area contributed by atoms with Gasteiger partial charge in [-0.3, -0.25) is 0 Å². The SMILES string of the molecule is C=C(CC)COc1ccc(CNC(C)C)cc1Br. The number of rotatable bonds is 7. The van der Waals surface area contributed by atoms with Crippen LogP contribution in [0.15, 0.2) is 34.8 Å². The van der Waals surface area contributed by atoms with Gasteiger partial charge in [0.15, 0.2) is 0 Å². The van der Waals surface area contributed by atoms with Crippen molar-refractivity contribution in [2.24, 2.45) is 0 Å². The molecule has 0 aromatic heterocycles. The zero-order valence-corrected chi connectivity index (χ0v) is 13.0. The minimum Gasteiger partial charge on any atom is -0.488 e. The van der Waals surface area contributed by atoms with Gasteiger partial charge in [0, 0.05) is 12.6 Å². The Balaban J connectivity index is 2.59. The highest BCUT2D eigenvalue weighted by molar-refractivity contribution is 9.10. The second-order valence-corrected chi connectivity index (χ2v) is 5.55. The van der Waals surface area contributed by atoms with Crippen LogP contribution in [0, 0.1) is 0 Å². The molecular formula is C15H22BrNO. The molecule has 2 nitrogen and oxygen atoms in total. The number of nitrogens with one attached hydrogen (secondary N) is 1. The molecule has 100 valence electrons. The zero-order chi connectivity index (χ0) is 13.5. The quantitative estimate of drug-likeness (QED) is 0.758. The molecule has 0 saturated heterocycles. The highest BCUT2D eigenvalue weighted by Gasteiger charge is 2.04. The molecule has 0 atom stereocenters. The molecule has 0 bridgehead atoms. The highest BCUT2D eigenvalue weighted by Crippen LogP contribution is 2.26. The zero-order valence-electron chi connectivity index (χ0n) is 11.4. The summed E-state index contributed by atoms with van der Waals surface area (Å²) in [5, 5.41) is 3.39. The van der Waals surface area contributed by atoms with Crippen molar-refractivity contribution in [3.63, 3.8) is 0 Å².